The standard InChI is InChI=1S/C12H23BrO2/c1-12(2,10-11(14)15-3)8-6-4-5-7-9-13/h4-10H2,1-3H3. The first-order valence-corrected chi connectivity index (χ1v) is 6.77. The Kier molecular flexibility index (Phi) is 8.12. The van der Waals surface area contributed by atoms with Crippen molar-refractivity contribution in [3.63, 3.8) is 0 Å². The van der Waals surface area contributed by atoms with Gasteiger partial charge >= 0.3 is 5.97 Å². The van der Waals surface area contributed by atoms with Gasteiger partial charge in [0.15, 0.2) is 0 Å². The number of alkyl halides is 1. The molecule has 0 heterocycles. The van der Waals surface area contributed by atoms with Crippen molar-refractivity contribution in [3.8, 4) is 0 Å². The molecule has 0 amide bonds. The molecule has 0 radical (unpaired) electrons. The monoisotopic (exact) mass is 278 g/mol. The molecule has 0 fully saturated rings. The van der Waals surface area contributed by atoms with Crippen LogP contribution in [0.2, 0.25) is 0 Å². The van der Waals surface area contributed by atoms with Crippen LogP contribution in [0.15, 0.2) is 0 Å². The van der Waals surface area contributed by atoms with Crippen LogP contribution in [0.1, 0.15) is 52.4 Å². The highest BCUT2D eigenvalue weighted by atomic mass is 79.9. The lowest BCUT2D eigenvalue weighted by Crippen LogP contribution is -2.18. The molecule has 0 aromatic carbocycles. The highest BCUT2D eigenvalue weighted by Crippen LogP contribution is 2.28. The van der Waals surface area contributed by atoms with Gasteiger partial charge in [0.2, 0.25) is 0 Å². The molecule has 0 spiro atoms. The maximum Gasteiger partial charge on any atom is 0.306 e. The Bertz CT molecular complexity index is 178. The van der Waals surface area contributed by atoms with Crippen LogP contribution in [-0.2, 0) is 9.53 Å². The van der Waals surface area contributed by atoms with E-state index >= 15 is 0 Å². The molecule has 0 aromatic heterocycles. The molecule has 0 bridgehead atoms. The van der Waals surface area contributed by atoms with E-state index in [1.54, 1.807) is 0 Å². The minimum absolute atomic E-state index is 0.0848. The maximum atomic E-state index is 11.1. The fourth-order valence-electron chi connectivity index (χ4n) is 1.60. The molecule has 0 saturated carbocycles. The van der Waals surface area contributed by atoms with Crippen molar-refractivity contribution in [2.45, 2.75) is 52.4 Å². The summed E-state index contributed by atoms with van der Waals surface area (Å²) in [6.07, 6.45) is 6.62. The van der Waals surface area contributed by atoms with Crippen LogP contribution >= 0.6 is 15.9 Å². The Morgan fingerprint density at radius 3 is 2.33 bits per heavy atom. The zero-order valence-corrected chi connectivity index (χ0v) is 11.7. The zero-order valence-electron chi connectivity index (χ0n) is 10.1. The Morgan fingerprint density at radius 1 is 1.20 bits per heavy atom. The number of methoxy groups -OCH3 is 1. The molecule has 0 N–H and O–H groups in total. The second-order valence-electron chi connectivity index (χ2n) is 4.77. The molecule has 2 nitrogen and oxygen atoms in total. The Labute approximate surface area is 102 Å². The third-order valence-corrected chi connectivity index (χ3v) is 3.15. The highest BCUT2D eigenvalue weighted by Gasteiger charge is 2.21. The van der Waals surface area contributed by atoms with Gasteiger partial charge in [0.1, 0.15) is 0 Å². The SMILES string of the molecule is COC(=O)CC(C)(C)CCCCCCBr. The molecule has 15 heavy (non-hydrogen) atoms. The van der Waals surface area contributed by atoms with Crippen molar-refractivity contribution < 1.29 is 9.53 Å². The van der Waals surface area contributed by atoms with Crippen LogP contribution in [0, 0.1) is 5.41 Å². The number of halogens is 1. The second kappa shape index (κ2) is 8.14. The molecule has 0 aliphatic carbocycles. The average Bonchev–Trinajstić information content (AvgIpc) is 2.16. The molecular formula is C12H23BrO2. The van der Waals surface area contributed by atoms with Gasteiger partial charge in [-0.1, -0.05) is 49.0 Å². The van der Waals surface area contributed by atoms with Gasteiger partial charge in [-0.3, -0.25) is 4.79 Å². The summed E-state index contributed by atoms with van der Waals surface area (Å²) in [5.74, 6) is -0.0968. The minimum Gasteiger partial charge on any atom is -0.469 e. The lowest BCUT2D eigenvalue weighted by atomic mass is 9.83. The van der Waals surface area contributed by atoms with Crippen LogP contribution < -0.4 is 0 Å². The number of esters is 1. The van der Waals surface area contributed by atoms with Crippen LogP contribution in [0.25, 0.3) is 0 Å². The number of hydrogen-bond donors (Lipinski definition) is 0. The van der Waals surface area contributed by atoms with E-state index < -0.39 is 0 Å². The summed E-state index contributed by atoms with van der Waals surface area (Å²) in [5.41, 5.74) is 0.0848. The smallest absolute Gasteiger partial charge is 0.306 e. The summed E-state index contributed by atoms with van der Waals surface area (Å²) in [6.45, 7) is 4.27. The molecule has 0 atom stereocenters. The van der Waals surface area contributed by atoms with E-state index in [9.17, 15) is 4.79 Å². The Morgan fingerprint density at radius 2 is 1.80 bits per heavy atom. The molecular weight excluding hydrogens is 256 g/mol. The largest absolute Gasteiger partial charge is 0.469 e. The van der Waals surface area contributed by atoms with E-state index in [1.165, 1.54) is 32.8 Å². The zero-order chi connectivity index (χ0) is 11.7. The van der Waals surface area contributed by atoms with Crippen LogP contribution in [-0.4, -0.2) is 18.4 Å². The van der Waals surface area contributed by atoms with E-state index in [0.29, 0.717) is 6.42 Å². The van der Waals surface area contributed by atoms with Gasteiger partial charge in [-0.15, -0.1) is 0 Å². The van der Waals surface area contributed by atoms with Crippen molar-refractivity contribution in [1.29, 1.82) is 0 Å². The van der Waals surface area contributed by atoms with Crippen molar-refractivity contribution in [3.05, 3.63) is 0 Å². The van der Waals surface area contributed by atoms with Gasteiger partial charge in [0.05, 0.1) is 13.5 Å². The van der Waals surface area contributed by atoms with E-state index in [-0.39, 0.29) is 11.4 Å². The summed E-state index contributed by atoms with van der Waals surface area (Å²) in [5, 5.41) is 1.10. The summed E-state index contributed by atoms with van der Waals surface area (Å²) < 4.78 is 4.69. The number of rotatable bonds is 8. The third kappa shape index (κ3) is 8.91. The van der Waals surface area contributed by atoms with Gasteiger partial charge < -0.3 is 4.74 Å². The van der Waals surface area contributed by atoms with E-state index in [2.05, 4.69) is 34.5 Å². The van der Waals surface area contributed by atoms with Crippen molar-refractivity contribution in [1.82, 2.24) is 0 Å². The van der Waals surface area contributed by atoms with Crippen molar-refractivity contribution in [2.24, 2.45) is 5.41 Å². The Hall–Kier alpha value is -0.0500. The number of ether oxygens (including phenoxy) is 1. The van der Waals surface area contributed by atoms with Crippen molar-refractivity contribution >= 4 is 21.9 Å². The molecule has 0 aromatic rings. The first-order chi connectivity index (χ1) is 7.02. The number of carbonyl (C=O) groups excluding carboxylic acids is 1. The fraction of sp³-hybridized carbons (Fsp3) is 0.917. The lowest BCUT2D eigenvalue weighted by molar-refractivity contribution is -0.143. The summed E-state index contributed by atoms with van der Waals surface area (Å²) >= 11 is 3.42. The van der Waals surface area contributed by atoms with Gasteiger partial charge in [0.25, 0.3) is 0 Å². The van der Waals surface area contributed by atoms with Gasteiger partial charge in [-0.25, -0.2) is 0 Å². The summed E-state index contributed by atoms with van der Waals surface area (Å²) in [4.78, 5) is 11.1. The first kappa shape index (κ1) is 14.9. The van der Waals surface area contributed by atoms with Crippen LogP contribution in [0.5, 0.6) is 0 Å². The van der Waals surface area contributed by atoms with Crippen molar-refractivity contribution in [2.75, 3.05) is 12.4 Å². The predicted octanol–water partition coefficient (Wildman–Crippen LogP) is 3.92. The fourth-order valence-corrected chi connectivity index (χ4v) is 2.00. The van der Waals surface area contributed by atoms with E-state index in [4.69, 9.17) is 0 Å². The van der Waals surface area contributed by atoms with Crippen LogP contribution in [0.4, 0.5) is 0 Å². The molecule has 90 valence electrons. The second-order valence-corrected chi connectivity index (χ2v) is 5.56. The number of unbranched alkanes of at least 4 members (excludes halogenated alkanes) is 3. The quantitative estimate of drug-likeness (QED) is 0.382. The third-order valence-electron chi connectivity index (χ3n) is 2.59. The summed E-state index contributed by atoms with van der Waals surface area (Å²) in [6, 6.07) is 0. The first-order valence-electron chi connectivity index (χ1n) is 5.64. The normalized spacial score (nSPS) is 11.5. The highest BCUT2D eigenvalue weighted by molar-refractivity contribution is 9.09. The maximum absolute atomic E-state index is 11.1. The van der Waals surface area contributed by atoms with Gasteiger partial charge in [-0.2, -0.15) is 0 Å². The van der Waals surface area contributed by atoms with E-state index in [0.717, 1.165) is 11.8 Å². The molecule has 0 aliphatic rings. The van der Waals surface area contributed by atoms with Gasteiger partial charge in [0, 0.05) is 5.33 Å². The minimum atomic E-state index is -0.0968. The summed E-state index contributed by atoms with van der Waals surface area (Å²) in [7, 11) is 1.45. The lowest BCUT2D eigenvalue weighted by Gasteiger charge is -2.22. The molecule has 0 unspecified atom stereocenters. The molecule has 3 heteroatoms. The average molecular weight is 279 g/mol. The van der Waals surface area contributed by atoms with Gasteiger partial charge in [-0.05, 0) is 18.3 Å². The molecule has 0 saturated heterocycles. The predicted molar refractivity (Wildman–Crippen MR) is 67.3 cm³/mol. The molecule has 0 rings (SSSR count). The molecule has 0 aliphatic heterocycles. The van der Waals surface area contributed by atoms with E-state index in [1.807, 2.05) is 0 Å². The topological polar surface area (TPSA) is 26.3 Å². The number of carbonyl (C=O) groups is 1. The Balaban J connectivity index is 3.59. The number of hydrogen-bond acceptors (Lipinski definition) is 2. The van der Waals surface area contributed by atoms with Crippen LogP contribution in [0.3, 0.4) is 0 Å².